The molecular weight excluding hydrogens is 512 g/mol. The minimum absolute atomic E-state index is 0.178. The second kappa shape index (κ2) is 8.89. The number of sulfonamides is 1. The number of carbonyl (C=O) groups excluding carboxylic acids is 1. The minimum Gasteiger partial charge on any atom is -0.321 e. The smallest absolute Gasteiger partial charge is 0.255 e. The summed E-state index contributed by atoms with van der Waals surface area (Å²) in [6.07, 6.45) is 3.27. The zero-order valence-corrected chi connectivity index (χ0v) is 21.0. The fraction of sp³-hybridized carbons (Fsp3) is 0.148. The number of benzene rings is 4. The van der Waals surface area contributed by atoms with Crippen LogP contribution in [0.1, 0.15) is 27.0 Å². The summed E-state index contributed by atoms with van der Waals surface area (Å²) < 4.78 is 27.0. The minimum atomic E-state index is -3.48. The van der Waals surface area contributed by atoms with E-state index in [9.17, 15) is 13.2 Å². The van der Waals surface area contributed by atoms with Gasteiger partial charge in [0.25, 0.3) is 5.91 Å². The summed E-state index contributed by atoms with van der Waals surface area (Å²) in [5.41, 5.74) is 5.34. The van der Waals surface area contributed by atoms with E-state index in [0.29, 0.717) is 11.3 Å². The van der Waals surface area contributed by atoms with Crippen molar-refractivity contribution in [2.24, 2.45) is 0 Å². The molecule has 7 heteroatoms. The molecule has 0 spiro atoms. The van der Waals surface area contributed by atoms with Crippen molar-refractivity contribution in [1.82, 2.24) is 0 Å². The van der Waals surface area contributed by atoms with Crippen LogP contribution in [0, 0.1) is 0 Å². The lowest BCUT2D eigenvalue weighted by atomic mass is 10.0. The molecule has 0 atom stereocenters. The second-order valence-electron chi connectivity index (χ2n) is 8.51. The van der Waals surface area contributed by atoms with Crippen LogP contribution in [-0.2, 0) is 29.4 Å². The first-order valence-electron chi connectivity index (χ1n) is 11.0. The maximum Gasteiger partial charge on any atom is 0.255 e. The van der Waals surface area contributed by atoms with Crippen LogP contribution in [0.3, 0.4) is 0 Å². The molecule has 34 heavy (non-hydrogen) atoms. The Bertz CT molecular complexity index is 1490. The Balaban J connectivity index is 1.36. The third kappa shape index (κ3) is 4.45. The molecule has 0 bridgehead atoms. The number of carbonyl (C=O) groups is 1. The van der Waals surface area contributed by atoms with Gasteiger partial charge in [-0.2, -0.15) is 0 Å². The van der Waals surface area contributed by atoms with Crippen LogP contribution in [-0.4, -0.2) is 20.6 Å². The molecule has 5 rings (SSSR count). The van der Waals surface area contributed by atoms with Gasteiger partial charge in [0.1, 0.15) is 0 Å². The van der Waals surface area contributed by atoms with Crippen molar-refractivity contribution in [3.63, 3.8) is 0 Å². The average molecular weight is 535 g/mol. The summed E-state index contributed by atoms with van der Waals surface area (Å²) in [6, 6.07) is 24.5. The van der Waals surface area contributed by atoms with Gasteiger partial charge in [0.05, 0.1) is 18.5 Å². The summed E-state index contributed by atoms with van der Waals surface area (Å²) in [5.74, 6) is -0.196. The largest absolute Gasteiger partial charge is 0.321 e. The van der Waals surface area contributed by atoms with Gasteiger partial charge in [-0.15, -0.1) is 0 Å². The van der Waals surface area contributed by atoms with Crippen molar-refractivity contribution in [1.29, 1.82) is 0 Å². The number of nitrogens with one attached hydrogen (secondary N) is 1. The van der Waals surface area contributed by atoms with E-state index in [0.717, 1.165) is 34.0 Å². The molecule has 0 fully saturated rings. The third-order valence-electron chi connectivity index (χ3n) is 6.18. The summed E-state index contributed by atoms with van der Waals surface area (Å²) in [7, 11) is -3.48. The Labute approximate surface area is 207 Å². The first-order valence-corrected chi connectivity index (χ1v) is 13.6. The highest BCUT2D eigenvalue weighted by Gasteiger charge is 2.19. The van der Waals surface area contributed by atoms with Gasteiger partial charge >= 0.3 is 0 Å². The van der Waals surface area contributed by atoms with Gasteiger partial charge in [-0.1, -0.05) is 52.3 Å². The lowest BCUT2D eigenvalue weighted by molar-refractivity contribution is 0.102. The van der Waals surface area contributed by atoms with E-state index in [4.69, 9.17) is 0 Å². The van der Waals surface area contributed by atoms with E-state index in [-0.39, 0.29) is 12.5 Å². The molecule has 0 saturated heterocycles. The molecule has 0 aromatic heterocycles. The predicted molar refractivity (Wildman–Crippen MR) is 141 cm³/mol. The quantitative estimate of drug-likeness (QED) is 0.334. The maximum atomic E-state index is 13.0. The van der Waals surface area contributed by atoms with Gasteiger partial charge in [-0.05, 0) is 77.4 Å². The van der Waals surface area contributed by atoms with Crippen LogP contribution in [0.15, 0.2) is 83.3 Å². The van der Waals surface area contributed by atoms with Crippen molar-refractivity contribution in [2.45, 2.75) is 19.4 Å². The van der Waals surface area contributed by atoms with Gasteiger partial charge in [0, 0.05) is 21.1 Å². The summed E-state index contributed by atoms with van der Waals surface area (Å²) in [4.78, 5) is 13.0. The zero-order chi connectivity index (χ0) is 23.9. The van der Waals surface area contributed by atoms with Crippen molar-refractivity contribution in [3.05, 3.63) is 106 Å². The molecule has 0 saturated carbocycles. The number of hydrogen-bond donors (Lipinski definition) is 1. The Morgan fingerprint density at radius 2 is 1.59 bits per heavy atom. The lowest BCUT2D eigenvalue weighted by Crippen LogP contribution is -2.29. The number of rotatable bonds is 6. The Morgan fingerprint density at radius 3 is 2.26 bits per heavy atom. The Kier molecular flexibility index (Phi) is 5.91. The molecule has 5 nitrogen and oxygen atoms in total. The SMILES string of the molecule is CS(=O)(=O)N(Cc1ccc(C(=O)Nc2ccc3c4c(cccc24)CC3)cc1)c1ccc(Br)cc1. The van der Waals surface area contributed by atoms with Crippen LogP contribution in [0.4, 0.5) is 11.4 Å². The monoisotopic (exact) mass is 534 g/mol. The normalized spacial score (nSPS) is 12.6. The van der Waals surface area contributed by atoms with E-state index in [2.05, 4.69) is 33.4 Å². The lowest BCUT2D eigenvalue weighted by Gasteiger charge is -2.22. The first-order chi connectivity index (χ1) is 16.3. The van der Waals surface area contributed by atoms with Gasteiger partial charge in [-0.25, -0.2) is 8.42 Å². The summed E-state index contributed by atoms with van der Waals surface area (Å²) in [6.45, 7) is 0.178. The summed E-state index contributed by atoms with van der Waals surface area (Å²) >= 11 is 3.37. The van der Waals surface area contributed by atoms with Crippen molar-refractivity contribution < 1.29 is 13.2 Å². The van der Waals surface area contributed by atoms with E-state index < -0.39 is 10.0 Å². The number of hydrogen-bond acceptors (Lipinski definition) is 3. The first kappa shape index (κ1) is 22.6. The molecule has 4 aromatic rings. The van der Waals surface area contributed by atoms with E-state index in [1.54, 1.807) is 48.5 Å². The number of amides is 1. The van der Waals surface area contributed by atoms with Gasteiger partial charge in [0.2, 0.25) is 10.0 Å². The van der Waals surface area contributed by atoms with Crippen molar-refractivity contribution in [3.8, 4) is 0 Å². The number of nitrogens with zero attached hydrogens (tertiary/aromatic N) is 1. The molecule has 1 aliphatic rings. The van der Waals surface area contributed by atoms with Crippen LogP contribution in [0.2, 0.25) is 0 Å². The maximum absolute atomic E-state index is 13.0. The zero-order valence-electron chi connectivity index (χ0n) is 18.6. The van der Waals surface area contributed by atoms with E-state index in [1.807, 2.05) is 18.2 Å². The van der Waals surface area contributed by atoms with Gasteiger partial charge in [-0.3, -0.25) is 9.10 Å². The molecule has 4 aromatic carbocycles. The number of aryl methyl sites for hydroxylation is 2. The van der Waals surface area contributed by atoms with Crippen molar-refractivity contribution >= 4 is 54.0 Å². The molecule has 0 radical (unpaired) electrons. The van der Waals surface area contributed by atoms with E-state index >= 15 is 0 Å². The summed E-state index contributed by atoms with van der Waals surface area (Å²) in [5, 5.41) is 5.37. The van der Waals surface area contributed by atoms with Crippen LogP contribution < -0.4 is 9.62 Å². The van der Waals surface area contributed by atoms with Crippen LogP contribution in [0.25, 0.3) is 10.8 Å². The molecule has 0 aliphatic heterocycles. The highest BCUT2D eigenvalue weighted by atomic mass is 79.9. The highest BCUT2D eigenvalue weighted by molar-refractivity contribution is 9.10. The van der Waals surface area contributed by atoms with E-state index in [1.165, 1.54) is 27.1 Å². The standard InChI is InChI=1S/C27H23BrN2O3S/c1-34(32,33)30(23-14-12-22(28)13-15-23)17-18-5-7-21(8-6-18)27(31)29-25-16-11-20-10-9-19-3-2-4-24(25)26(19)20/h2-8,11-16H,9-10,17H2,1H3,(H,29,31). The molecular formula is C27H23BrN2O3S. The molecule has 0 unspecified atom stereocenters. The fourth-order valence-electron chi connectivity index (χ4n) is 4.49. The number of anilines is 2. The Morgan fingerprint density at radius 1 is 0.912 bits per heavy atom. The molecule has 1 amide bonds. The Hall–Kier alpha value is -3.16. The fourth-order valence-corrected chi connectivity index (χ4v) is 5.64. The average Bonchev–Trinajstić information content (AvgIpc) is 3.24. The van der Waals surface area contributed by atoms with Crippen LogP contribution >= 0.6 is 15.9 Å². The highest BCUT2D eigenvalue weighted by Crippen LogP contribution is 2.35. The molecule has 1 aliphatic carbocycles. The van der Waals surface area contributed by atoms with Gasteiger partial charge in [0.15, 0.2) is 0 Å². The number of halogens is 1. The van der Waals surface area contributed by atoms with Gasteiger partial charge < -0.3 is 5.32 Å². The third-order valence-corrected chi connectivity index (χ3v) is 7.85. The van der Waals surface area contributed by atoms with Crippen LogP contribution in [0.5, 0.6) is 0 Å². The molecule has 172 valence electrons. The molecule has 1 N–H and O–H groups in total. The molecule has 0 heterocycles. The topological polar surface area (TPSA) is 66.5 Å². The van der Waals surface area contributed by atoms with Crippen molar-refractivity contribution in [2.75, 3.05) is 15.9 Å². The predicted octanol–water partition coefficient (Wildman–Crippen LogP) is 5.92. The second-order valence-corrected chi connectivity index (χ2v) is 11.3.